The number of fused-ring (bicyclic) bond motifs is 1. The summed E-state index contributed by atoms with van der Waals surface area (Å²) in [7, 11) is 0. The molecule has 2 N–H and O–H groups in total. The number of hydrogen-bond acceptors (Lipinski definition) is 4. The Labute approximate surface area is 139 Å². The molecule has 130 valence electrons. The molecule has 8 heteroatoms. The summed E-state index contributed by atoms with van der Waals surface area (Å²) in [5, 5.41) is 15.9. The third-order valence-corrected chi connectivity index (χ3v) is 3.69. The number of hydrogen-bond donors (Lipinski definition) is 2. The molecule has 2 heterocycles. The Kier molecular flexibility index (Phi) is 5.73. The second-order valence-electron chi connectivity index (χ2n) is 6.15. The van der Waals surface area contributed by atoms with Crippen LogP contribution in [0.1, 0.15) is 26.7 Å². The van der Waals surface area contributed by atoms with Gasteiger partial charge in [0.2, 0.25) is 5.91 Å². The minimum atomic E-state index is -0.916. The van der Waals surface area contributed by atoms with Gasteiger partial charge in [0.1, 0.15) is 0 Å². The summed E-state index contributed by atoms with van der Waals surface area (Å²) in [6, 6.07) is 5.22. The smallest absolute Gasteiger partial charge is 0.350 e. The Balaban J connectivity index is 1.89. The summed E-state index contributed by atoms with van der Waals surface area (Å²) in [6.07, 6.45) is 2.18. The van der Waals surface area contributed by atoms with Crippen molar-refractivity contribution in [2.45, 2.75) is 33.2 Å². The van der Waals surface area contributed by atoms with Crippen molar-refractivity contribution in [2.75, 3.05) is 6.54 Å². The van der Waals surface area contributed by atoms with E-state index < -0.39 is 11.9 Å². The van der Waals surface area contributed by atoms with Gasteiger partial charge in [0.15, 0.2) is 5.65 Å². The van der Waals surface area contributed by atoms with Gasteiger partial charge < -0.3 is 10.4 Å². The average molecular weight is 334 g/mol. The van der Waals surface area contributed by atoms with Crippen LogP contribution >= 0.6 is 0 Å². The van der Waals surface area contributed by atoms with Gasteiger partial charge in [-0.05, 0) is 24.5 Å². The maximum atomic E-state index is 12.1. The molecule has 1 atom stereocenters. The van der Waals surface area contributed by atoms with Gasteiger partial charge in [-0.15, -0.1) is 5.10 Å². The summed E-state index contributed by atoms with van der Waals surface area (Å²) in [5.41, 5.74) is 0.215. The Morgan fingerprint density at radius 2 is 2.08 bits per heavy atom. The van der Waals surface area contributed by atoms with E-state index in [0.29, 0.717) is 12.1 Å². The van der Waals surface area contributed by atoms with Crippen LogP contribution in [0.3, 0.4) is 0 Å². The van der Waals surface area contributed by atoms with Crippen molar-refractivity contribution in [3.05, 3.63) is 34.9 Å². The van der Waals surface area contributed by atoms with E-state index in [2.05, 4.69) is 10.4 Å². The number of nitrogens with zero attached hydrogens (tertiary/aromatic N) is 3. The summed E-state index contributed by atoms with van der Waals surface area (Å²) >= 11 is 0. The van der Waals surface area contributed by atoms with Crippen LogP contribution in [0.4, 0.5) is 0 Å². The Morgan fingerprint density at radius 1 is 1.33 bits per heavy atom. The summed E-state index contributed by atoms with van der Waals surface area (Å²) < 4.78 is 2.64. The van der Waals surface area contributed by atoms with Crippen LogP contribution in [0, 0.1) is 11.8 Å². The Morgan fingerprint density at radius 3 is 2.71 bits per heavy atom. The molecule has 2 rings (SSSR count). The zero-order chi connectivity index (χ0) is 17.7. The molecule has 2 aromatic rings. The van der Waals surface area contributed by atoms with E-state index in [1.54, 1.807) is 24.4 Å². The fourth-order valence-electron chi connectivity index (χ4n) is 2.49. The molecule has 0 bridgehead atoms. The van der Waals surface area contributed by atoms with Crippen LogP contribution in [-0.2, 0) is 16.1 Å². The van der Waals surface area contributed by atoms with Gasteiger partial charge >= 0.3 is 11.7 Å². The lowest BCUT2D eigenvalue weighted by Gasteiger charge is -2.15. The third-order valence-electron chi connectivity index (χ3n) is 3.69. The number of nitrogens with one attached hydrogen (secondary N) is 1. The molecular formula is C16H22N4O4. The average Bonchev–Trinajstić information content (AvgIpc) is 2.85. The third kappa shape index (κ3) is 4.43. The SMILES string of the molecule is CC(C)CC(CNC(=O)CCn1nc2ccccn2c1=O)C(=O)O. The second kappa shape index (κ2) is 7.76. The topological polar surface area (TPSA) is 106 Å². The number of rotatable bonds is 8. The molecule has 24 heavy (non-hydrogen) atoms. The zero-order valence-electron chi connectivity index (χ0n) is 13.8. The van der Waals surface area contributed by atoms with E-state index in [0.717, 1.165) is 0 Å². The van der Waals surface area contributed by atoms with E-state index in [4.69, 9.17) is 5.11 Å². The molecule has 0 aliphatic carbocycles. The number of aromatic nitrogens is 3. The second-order valence-corrected chi connectivity index (χ2v) is 6.15. The van der Waals surface area contributed by atoms with Crippen molar-refractivity contribution in [2.24, 2.45) is 11.8 Å². The summed E-state index contributed by atoms with van der Waals surface area (Å²) in [5.74, 6) is -1.58. The molecule has 2 aromatic heterocycles. The van der Waals surface area contributed by atoms with E-state index in [1.165, 1.54) is 9.08 Å². The minimum Gasteiger partial charge on any atom is -0.481 e. The lowest BCUT2D eigenvalue weighted by Crippen LogP contribution is -2.34. The van der Waals surface area contributed by atoms with Crippen LogP contribution in [0.15, 0.2) is 29.2 Å². The van der Waals surface area contributed by atoms with Gasteiger partial charge in [-0.25, -0.2) is 9.48 Å². The predicted molar refractivity (Wildman–Crippen MR) is 87.7 cm³/mol. The zero-order valence-corrected chi connectivity index (χ0v) is 13.8. The maximum Gasteiger partial charge on any atom is 0.350 e. The maximum absolute atomic E-state index is 12.1. The highest BCUT2D eigenvalue weighted by Crippen LogP contribution is 2.11. The molecule has 0 fully saturated rings. The lowest BCUT2D eigenvalue weighted by molar-refractivity contribution is -0.142. The van der Waals surface area contributed by atoms with Gasteiger partial charge in [-0.1, -0.05) is 19.9 Å². The van der Waals surface area contributed by atoms with E-state index in [9.17, 15) is 14.4 Å². The first-order valence-corrected chi connectivity index (χ1v) is 7.92. The number of carbonyl (C=O) groups is 2. The van der Waals surface area contributed by atoms with Crippen LogP contribution in [0.25, 0.3) is 5.65 Å². The number of carbonyl (C=O) groups excluding carboxylic acids is 1. The molecule has 0 aromatic carbocycles. The summed E-state index contributed by atoms with van der Waals surface area (Å²) in [4.78, 5) is 35.1. The fourth-order valence-corrected chi connectivity index (χ4v) is 2.49. The van der Waals surface area contributed by atoms with Crippen LogP contribution < -0.4 is 11.0 Å². The highest BCUT2D eigenvalue weighted by molar-refractivity contribution is 5.77. The van der Waals surface area contributed by atoms with Crippen molar-refractivity contribution >= 4 is 17.5 Å². The number of carboxylic acids is 1. The molecular weight excluding hydrogens is 312 g/mol. The van der Waals surface area contributed by atoms with Crippen molar-refractivity contribution in [1.29, 1.82) is 0 Å². The number of aryl methyl sites for hydroxylation is 1. The molecule has 1 amide bonds. The largest absolute Gasteiger partial charge is 0.481 e. The molecule has 0 saturated heterocycles. The quantitative estimate of drug-likeness (QED) is 0.741. The molecule has 0 spiro atoms. The molecule has 0 saturated carbocycles. The van der Waals surface area contributed by atoms with Crippen LogP contribution in [0.2, 0.25) is 0 Å². The van der Waals surface area contributed by atoms with E-state index in [-0.39, 0.29) is 37.0 Å². The summed E-state index contributed by atoms with van der Waals surface area (Å²) in [6.45, 7) is 4.11. The molecule has 0 aliphatic heterocycles. The van der Waals surface area contributed by atoms with Gasteiger partial charge in [0.05, 0.1) is 12.5 Å². The first-order chi connectivity index (χ1) is 11.4. The van der Waals surface area contributed by atoms with Crippen molar-refractivity contribution < 1.29 is 14.7 Å². The van der Waals surface area contributed by atoms with Gasteiger partial charge in [0.25, 0.3) is 0 Å². The standard InChI is InChI=1S/C16H22N4O4/c1-11(2)9-12(15(22)23)10-17-14(21)6-8-20-16(24)19-7-4-3-5-13(19)18-20/h3-5,7,11-12H,6,8-10H2,1-2H3,(H,17,21)(H,22,23). The first kappa shape index (κ1) is 17.7. The van der Waals surface area contributed by atoms with E-state index >= 15 is 0 Å². The normalized spacial score (nSPS) is 12.5. The van der Waals surface area contributed by atoms with Crippen LogP contribution in [-0.4, -0.2) is 37.7 Å². The van der Waals surface area contributed by atoms with Gasteiger partial charge in [0, 0.05) is 19.2 Å². The van der Waals surface area contributed by atoms with Crippen molar-refractivity contribution in [3.8, 4) is 0 Å². The number of amides is 1. The number of aliphatic carboxylic acids is 1. The van der Waals surface area contributed by atoms with Crippen molar-refractivity contribution in [1.82, 2.24) is 19.5 Å². The fraction of sp³-hybridized carbons (Fsp3) is 0.500. The highest BCUT2D eigenvalue weighted by Gasteiger charge is 2.19. The Bertz CT molecular complexity index is 778. The van der Waals surface area contributed by atoms with Crippen molar-refractivity contribution in [3.63, 3.8) is 0 Å². The molecule has 0 aliphatic rings. The monoisotopic (exact) mass is 334 g/mol. The van der Waals surface area contributed by atoms with Crippen LogP contribution in [0.5, 0.6) is 0 Å². The molecule has 0 radical (unpaired) electrons. The highest BCUT2D eigenvalue weighted by atomic mass is 16.4. The molecule has 8 nitrogen and oxygen atoms in total. The Hall–Kier alpha value is -2.64. The molecule has 1 unspecified atom stereocenters. The number of carboxylic acid groups (broad SMARTS) is 1. The predicted octanol–water partition coefficient (Wildman–Crippen LogP) is 0.749. The van der Waals surface area contributed by atoms with Gasteiger partial charge in [-0.2, -0.15) is 0 Å². The lowest BCUT2D eigenvalue weighted by atomic mass is 9.97. The van der Waals surface area contributed by atoms with E-state index in [1.807, 2.05) is 13.8 Å². The minimum absolute atomic E-state index is 0.0673. The van der Waals surface area contributed by atoms with Gasteiger partial charge in [-0.3, -0.25) is 14.0 Å². The number of pyridine rings is 1. The first-order valence-electron chi connectivity index (χ1n) is 7.92.